The van der Waals surface area contributed by atoms with Crippen molar-refractivity contribution in [3.8, 4) is 0 Å². The first kappa shape index (κ1) is 12.5. The summed E-state index contributed by atoms with van der Waals surface area (Å²) in [5.74, 6) is 0.994. The number of amides is 1. The number of nitrogens with zero attached hydrogens (tertiary/aromatic N) is 1. The van der Waals surface area contributed by atoms with Gasteiger partial charge in [0, 0.05) is 27.1 Å². The van der Waals surface area contributed by atoms with Crippen molar-refractivity contribution >= 4 is 5.91 Å². The molecule has 0 unspecified atom stereocenters. The summed E-state index contributed by atoms with van der Waals surface area (Å²) in [6.45, 7) is 4.15. The first-order chi connectivity index (χ1) is 7.20. The zero-order valence-corrected chi connectivity index (χ0v) is 9.88. The molecule has 0 bridgehead atoms. The molecular weight excluding hydrogens is 190 g/mol. The van der Waals surface area contributed by atoms with Gasteiger partial charge in [-0.25, -0.2) is 0 Å². The van der Waals surface area contributed by atoms with Crippen molar-refractivity contribution in [3.63, 3.8) is 0 Å². The van der Waals surface area contributed by atoms with E-state index in [4.69, 9.17) is 0 Å². The fourth-order valence-corrected chi connectivity index (χ4v) is 1.81. The smallest absolute Gasteiger partial charge is 0.223 e. The molecule has 1 aliphatic heterocycles. The molecule has 0 atom stereocenters. The van der Waals surface area contributed by atoms with Crippen LogP contribution in [-0.4, -0.2) is 51.1 Å². The van der Waals surface area contributed by atoms with Gasteiger partial charge in [-0.3, -0.25) is 4.79 Å². The Balaban J connectivity index is 1.98. The quantitative estimate of drug-likeness (QED) is 0.635. The summed E-state index contributed by atoms with van der Waals surface area (Å²) in [6, 6.07) is 0. The summed E-state index contributed by atoms with van der Waals surface area (Å²) in [4.78, 5) is 12.9. The molecule has 1 aliphatic rings. The Labute approximate surface area is 92.4 Å². The summed E-state index contributed by atoms with van der Waals surface area (Å²) in [7, 11) is 3.60. The Kier molecular flexibility index (Phi) is 5.65. The van der Waals surface area contributed by atoms with Gasteiger partial charge in [-0.15, -0.1) is 0 Å². The number of carbonyl (C=O) groups excluding carboxylic acids is 1. The molecule has 1 fully saturated rings. The first-order valence-electron chi connectivity index (χ1n) is 5.81. The molecule has 4 nitrogen and oxygen atoms in total. The largest absolute Gasteiger partial charge is 0.349 e. The van der Waals surface area contributed by atoms with Crippen LogP contribution in [0.25, 0.3) is 0 Å². The normalized spacial score (nSPS) is 17.7. The number of rotatable bonds is 5. The number of hydrogen-bond donors (Lipinski definition) is 2. The lowest BCUT2D eigenvalue weighted by molar-refractivity contribution is -0.128. The molecule has 0 aliphatic carbocycles. The highest BCUT2D eigenvalue weighted by atomic mass is 16.2. The van der Waals surface area contributed by atoms with E-state index < -0.39 is 0 Å². The van der Waals surface area contributed by atoms with Crippen molar-refractivity contribution in [2.24, 2.45) is 5.92 Å². The molecule has 15 heavy (non-hydrogen) atoms. The van der Waals surface area contributed by atoms with Gasteiger partial charge in [-0.2, -0.15) is 0 Å². The van der Waals surface area contributed by atoms with E-state index in [-0.39, 0.29) is 5.91 Å². The van der Waals surface area contributed by atoms with Crippen LogP contribution in [0.2, 0.25) is 0 Å². The molecule has 0 aromatic rings. The average Bonchev–Trinajstić information content (AvgIpc) is 2.25. The molecule has 0 saturated carbocycles. The molecule has 1 saturated heterocycles. The summed E-state index contributed by atoms with van der Waals surface area (Å²) in [5.41, 5.74) is 0. The molecule has 0 spiro atoms. The third-order valence-corrected chi connectivity index (χ3v) is 2.91. The Morgan fingerprint density at radius 1 is 1.40 bits per heavy atom. The van der Waals surface area contributed by atoms with E-state index in [9.17, 15) is 4.79 Å². The highest BCUT2D eigenvalue weighted by molar-refractivity contribution is 5.75. The Morgan fingerprint density at radius 3 is 2.67 bits per heavy atom. The first-order valence-corrected chi connectivity index (χ1v) is 5.81. The molecule has 2 N–H and O–H groups in total. The number of piperidine rings is 1. The molecule has 1 heterocycles. The summed E-state index contributed by atoms with van der Waals surface area (Å²) in [6.07, 6.45) is 3.13. The topological polar surface area (TPSA) is 44.4 Å². The fraction of sp³-hybridized carbons (Fsp3) is 0.909. The molecule has 1 amide bonds. The molecule has 88 valence electrons. The van der Waals surface area contributed by atoms with E-state index in [1.807, 2.05) is 0 Å². The molecule has 0 radical (unpaired) electrons. The maximum absolute atomic E-state index is 11.3. The van der Waals surface area contributed by atoms with Crippen molar-refractivity contribution in [1.82, 2.24) is 15.5 Å². The van der Waals surface area contributed by atoms with Gasteiger partial charge in [0.1, 0.15) is 0 Å². The van der Waals surface area contributed by atoms with Gasteiger partial charge < -0.3 is 15.5 Å². The van der Waals surface area contributed by atoms with Gasteiger partial charge >= 0.3 is 0 Å². The Hall–Kier alpha value is -0.610. The van der Waals surface area contributed by atoms with Crippen molar-refractivity contribution < 1.29 is 4.79 Å². The standard InChI is InChI=1S/C11H23N3O/c1-14(2)11(15)5-8-13-9-10-3-6-12-7-4-10/h10,12-13H,3-9H2,1-2H3. The second-order valence-electron chi connectivity index (χ2n) is 4.44. The van der Waals surface area contributed by atoms with Crippen molar-refractivity contribution in [1.29, 1.82) is 0 Å². The highest BCUT2D eigenvalue weighted by Gasteiger charge is 2.12. The van der Waals surface area contributed by atoms with Crippen LogP contribution >= 0.6 is 0 Å². The maximum atomic E-state index is 11.3. The zero-order chi connectivity index (χ0) is 11.1. The predicted octanol–water partition coefficient (Wildman–Crippen LogP) is 0.0539. The molecule has 0 aromatic heterocycles. The minimum atomic E-state index is 0.202. The van der Waals surface area contributed by atoms with Crippen LogP contribution in [0.1, 0.15) is 19.3 Å². The summed E-state index contributed by atoms with van der Waals surface area (Å²) in [5, 5.41) is 6.72. The number of hydrogen-bond acceptors (Lipinski definition) is 3. The number of nitrogens with one attached hydrogen (secondary N) is 2. The van der Waals surface area contributed by atoms with E-state index in [0.717, 1.165) is 32.1 Å². The molecule has 4 heteroatoms. The van der Waals surface area contributed by atoms with Gasteiger partial charge in [0.05, 0.1) is 0 Å². The third kappa shape index (κ3) is 5.14. The van der Waals surface area contributed by atoms with Gasteiger partial charge in [-0.05, 0) is 38.4 Å². The van der Waals surface area contributed by atoms with E-state index >= 15 is 0 Å². The minimum absolute atomic E-state index is 0.202. The average molecular weight is 213 g/mol. The van der Waals surface area contributed by atoms with Crippen LogP contribution in [-0.2, 0) is 4.79 Å². The zero-order valence-electron chi connectivity index (χ0n) is 9.88. The van der Waals surface area contributed by atoms with Gasteiger partial charge in [0.2, 0.25) is 5.91 Å². The van der Waals surface area contributed by atoms with Crippen molar-refractivity contribution in [3.05, 3.63) is 0 Å². The van der Waals surface area contributed by atoms with Crippen LogP contribution in [0.4, 0.5) is 0 Å². The minimum Gasteiger partial charge on any atom is -0.349 e. The maximum Gasteiger partial charge on any atom is 0.223 e. The van der Waals surface area contributed by atoms with Gasteiger partial charge in [0.15, 0.2) is 0 Å². The van der Waals surface area contributed by atoms with E-state index in [2.05, 4.69) is 10.6 Å². The van der Waals surface area contributed by atoms with Crippen LogP contribution < -0.4 is 10.6 Å². The lowest BCUT2D eigenvalue weighted by Crippen LogP contribution is -2.35. The van der Waals surface area contributed by atoms with Crippen LogP contribution in [0.5, 0.6) is 0 Å². The Bertz CT molecular complexity index is 188. The van der Waals surface area contributed by atoms with E-state index in [0.29, 0.717) is 6.42 Å². The van der Waals surface area contributed by atoms with Crippen LogP contribution in [0, 0.1) is 5.92 Å². The Morgan fingerprint density at radius 2 is 2.07 bits per heavy atom. The highest BCUT2D eigenvalue weighted by Crippen LogP contribution is 2.09. The molecular formula is C11H23N3O. The van der Waals surface area contributed by atoms with Crippen LogP contribution in [0.15, 0.2) is 0 Å². The van der Waals surface area contributed by atoms with Gasteiger partial charge in [0.25, 0.3) is 0 Å². The monoisotopic (exact) mass is 213 g/mol. The van der Waals surface area contributed by atoms with Crippen molar-refractivity contribution in [2.75, 3.05) is 40.3 Å². The van der Waals surface area contributed by atoms with Crippen molar-refractivity contribution in [2.45, 2.75) is 19.3 Å². The third-order valence-electron chi connectivity index (χ3n) is 2.91. The summed E-state index contributed by atoms with van der Waals surface area (Å²) < 4.78 is 0. The number of carbonyl (C=O) groups is 1. The lowest BCUT2D eigenvalue weighted by atomic mass is 9.98. The SMILES string of the molecule is CN(C)C(=O)CCNCC1CCNCC1. The van der Waals surface area contributed by atoms with Gasteiger partial charge in [-0.1, -0.05) is 0 Å². The lowest BCUT2D eigenvalue weighted by Gasteiger charge is -2.22. The predicted molar refractivity (Wildman–Crippen MR) is 61.8 cm³/mol. The second-order valence-corrected chi connectivity index (χ2v) is 4.44. The molecule has 1 rings (SSSR count). The second kappa shape index (κ2) is 6.80. The fourth-order valence-electron chi connectivity index (χ4n) is 1.81. The molecule has 0 aromatic carbocycles. The summed E-state index contributed by atoms with van der Waals surface area (Å²) >= 11 is 0. The van der Waals surface area contributed by atoms with Crippen LogP contribution in [0.3, 0.4) is 0 Å². The van der Waals surface area contributed by atoms with E-state index in [1.165, 1.54) is 12.8 Å². The van der Waals surface area contributed by atoms with E-state index in [1.54, 1.807) is 19.0 Å².